The van der Waals surface area contributed by atoms with Crippen molar-refractivity contribution in [2.75, 3.05) is 20.1 Å². The summed E-state index contributed by atoms with van der Waals surface area (Å²) in [5.74, 6) is -0.773. The molecule has 0 radical (unpaired) electrons. The lowest BCUT2D eigenvalue weighted by atomic mass is 10.1. The fourth-order valence-corrected chi connectivity index (χ4v) is 3.94. The quantitative estimate of drug-likeness (QED) is 0.916. The van der Waals surface area contributed by atoms with Gasteiger partial charge in [0.05, 0.1) is 0 Å². The molecule has 1 aliphatic rings. The first-order valence-corrected chi connectivity index (χ1v) is 7.88. The number of piperidine rings is 1. The minimum Gasteiger partial charge on any atom is -0.317 e. The molecule has 1 N–H and O–H groups in total. The Bertz CT molecular complexity index is 563. The number of benzene rings is 1. The molecule has 1 aromatic rings. The molecule has 0 bridgehead atoms. The van der Waals surface area contributed by atoms with E-state index in [0.29, 0.717) is 0 Å². The molecule has 20 heavy (non-hydrogen) atoms. The summed E-state index contributed by atoms with van der Waals surface area (Å²) in [7, 11) is -2.35. The molecule has 1 heterocycles. The monoisotopic (exact) mass is 342 g/mol. The fourth-order valence-electron chi connectivity index (χ4n) is 2.20. The zero-order valence-electron chi connectivity index (χ0n) is 11.0. The van der Waals surface area contributed by atoms with Crippen molar-refractivity contribution in [3.63, 3.8) is 0 Å². The molecule has 0 aliphatic carbocycles. The van der Waals surface area contributed by atoms with Crippen molar-refractivity contribution >= 4 is 34.0 Å². The average Bonchev–Trinajstić information content (AvgIpc) is 2.41. The van der Waals surface area contributed by atoms with Crippen molar-refractivity contribution in [3.05, 3.63) is 29.0 Å². The molecule has 114 valence electrons. The maximum atomic E-state index is 13.7. The Hall–Kier alpha value is -0.400. The van der Waals surface area contributed by atoms with Gasteiger partial charge in [0.25, 0.3) is 0 Å². The summed E-state index contributed by atoms with van der Waals surface area (Å²) in [6.07, 6.45) is 1.44. The molecule has 1 saturated heterocycles. The van der Waals surface area contributed by atoms with Crippen LogP contribution in [0.5, 0.6) is 0 Å². The number of sulfonamides is 1. The van der Waals surface area contributed by atoms with E-state index in [-0.39, 0.29) is 28.4 Å². The Morgan fingerprint density at radius 1 is 1.35 bits per heavy atom. The van der Waals surface area contributed by atoms with Gasteiger partial charge in [-0.3, -0.25) is 0 Å². The Morgan fingerprint density at radius 3 is 2.55 bits per heavy atom. The van der Waals surface area contributed by atoms with Crippen molar-refractivity contribution in [1.82, 2.24) is 9.62 Å². The summed E-state index contributed by atoms with van der Waals surface area (Å²) in [5.41, 5.74) is 0. The second-order valence-electron chi connectivity index (χ2n) is 4.58. The third-order valence-corrected chi connectivity index (χ3v) is 5.53. The standard InChI is InChI=1S/C12H16ClFN2O2S.ClH/c1-16(10-4-6-15-7-5-10)19(17,18)12-8-9(13)2-3-11(12)14;/h2-3,8,10,15H,4-7H2,1H3;1H. The van der Waals surface area contributed by atoms with Crippen LogP contribution in [0.1, 0.15) is 12.8 Å². The summed E-state index contributed by atoms with van der Waals surface area (Å²) in [5, 5.41) is 3.37. The topological polar surface area (TPSA) is 49.4 Å². The van der Waals surface area contributed by atoms with Crippen LogP contribution in [0.15, 0.2) is 23.1 Å². The molecule has 0 spiro atoms. The number of nitrogens with one attached hydrogen (secondary N) is 1. The highest BCUT2D eigenvalue weighted by molar-refractivity contribution is 7.89. The van der Waals surface area contributed by atoms with Crippen LogP contribution in [0.4, 0.5) is 4.39 Å². The number of hydrogen-bond donors (Lipinski definition) is 1. The Kier molecular flexibility index (Phi) is 6.22. The van der Waals surface area contributed by atoms with Crippen LogP contribution in [-0.2, 0) is 10.0 Å². The second-order valence-corrected chi connectivity index (χ2v) is 6.98. The zero-order valence-corrected chi connectivity index (χ0v) is 13.4. The van der Waals surface area contributed by atoms with Crippen LogP contribution >= 0.6 is 24.0 Å². The van der Waals surface area contributed by atoms with Crippen molar-refractivity contribution < 1.29 is 12.8 Å². The van der Waals surface area contributed by atoms with Gasteiger partial charge >= 0.3 is 0 Å². The molecule has 0 aromatic heterocycles. The molecule has 0 unspecified atom stereocenters. The van der Waals surface area contributed by atoms with Crippen molar-refractivity contribution in [1.29, 1.82) is 0 Å². The predicted octanol–water partition coefficient (Wildman–Crippen LogP) is 2.27. The minimum absolute atomic E-state index is 0. The molecule has 0 saturated carbocycles. The largest absolute Gasteiger partial charge is 0.317 e. The maximum absolute atomic E-state index is 13.7. The van der Waals surface area contributed by atoms with Crippen LogP contribution in [0.25, 0.3) is 0 Å². The van der Waals surface area contributed by atoms with Crippen molar-refractivity contribution in [3.8, 4) is 0 Å². The molecule has 4 nitrogen and oxygen atoms in total. The second kappa shape index (κ2) is 7.04. The predicted molar refractivity (Wildman–Crippen MR) is 79.5 cm³/mol. The molecule has 1 aromatic carbocycles. The van der Waals surface area contributed by atoms with E-state index in [0.717, 1.165) is 38.1 Å². The normalized spacial score (nSPS) is 17.0. The van der Waals surface area contributed by atoms with E-state index < -0.39 is 15.8 Å². The summed E-state index contributed by atoms with van der Waals surface area (Å²) < 4.78 is 39.8. The lowest BCUT2D eigenvalue weighted by molar-refractivity contribution is 0.295. The molecule has 2 rings (SSSR count). The average molecular weight is 343 g/mol. The van der Waals surface area contributed by atoms with E-state index in [4.69, 9.17) is 11.6 Å². The molecule has 1 aliphatic heterocycles. The highest BCUT2D eigenvalue weighted by Gasteiger charge is 2.31. The van der Waals surface area contributed by atoms with Gasteiger partial charge in [-0.2, -0.15) is 4.31 Å². The molecule has 1 fully saturated rings. The first-order chi connectivity index (χ1) is 8.93. The van der Waals surface area contributed by atoms with Gasteiger partial charge in [-0.05, 0) is 44.1 Å². The van der Waals surface area contributed by atoms with Crippen LogP contribution in [0, 0.1) is 5.82 Å². The first kappa shape index (κ1) is 17.7. The van der Waals surface area contributed by atoms with Crippen LogP contribution in [0.3, 0.4) is 0 Å². The number of nitrogens with zero attached hydrogens (tertiary/aromatic N) is 1. The van der Waals surface area contributed by atoms with Gasteiger partial charge in [-0.15, -0.1) is 12.4 Å². The molecule has 8 heteroatoms. The van der Waals surface area contributed by atoms with Crippen LogP contribution in [-0.4, -0.2) is 38.9 Å². The van der Waals surface area contributed by atoms with E-state index in [9.17, 15) is 12.8 Å². The van der Waals surface area contributed by atoms with E-state index in [1.807, 2.05) is 0 Å². The maximum Gasteiger partial charge on any atom is 0.246 e. The van der Waals surface area contributed by atoms with Crippen molar-refractivity contribution in [2.45, 2.75) is 23.8 Å². The highest BCUT2D eigenvalue weighted by atomic mass is 35.5. The lowest BCUT2D eigenvalue weighted by Gasteiger charge is -2.30. The Morgan fingerprint density at radius 2 is 1.95 bits per heavy atom. The summed E-state index contributed by atoms with van der Waals surface area (Å²) in [6.45, 7) is 1.53. The van der Waals surface area contributed by atoms with Crippen LogP contribution in [0.2, 0.25) is 5.02 Å². The van der Waals surface area contributed by atoms with E-state index in [1.54, 1.807) is 0 Å². The van der Waals surface area contributed by atoms with Gasteiger partial charge in [-0.1, -0.05) is 11.6 Å². The molecular weight excluding hydrogens is 326 g/mol. The number of hydrogen-bond acceptors (Lipinski definition) is 3. The van der Waals surface area contributed by atoms with Gasteiger partial charge in [0.1, 0.15) is 10.7 Å². The zero-order chi connectivity index (χ0) is 14.0. The van der Waals surface area contributed by atoms with Crippen molar-refractivity contribution in [2.24, 2.45) is 0 Å². The SMILES string of the molecule is CN(C1CCNCC1)S(=O)(=O)c1cc(Cl)ccc1F.Cl. The highest BCUT2D eigenvalue weighted by Crippen LogP contribution is 2.25. The third kappa shape index (κ3) is 3.62. The summed E-state index contributed by atoms with van der Waals surface area (Å²) >= 11 is 5.75. The van der Waals surface area contributed by atoms with E-state index >= 15 is 0 Å². The summed E-state index contributed by atoms with van der Waals surface area (Å²) in [6, 6.07) is 3.46. The van der Waals surface area contributed by atoms with Crippen LogP contribution < -0.4 is 5.32 Å². The van der Waals surface area contributed by atoms with Gasteiger partial charge in [0, 0.05) is 18.1 Å². The Balaban J connectivity index is 0.00000200. The van der Waals surface area contributed by atoms with Gasteiger partial charge in [0.15, 0.2) is 0 Å². The molecule has 0 atom stereocenters. The minimum atomic E-state index is -3.85. The summed E-state index contributed by atoms with van der Waals surface area (Å²) in [4.78, 5) is -0.360. The van der Waals surface area contributed by atoms with E-state index in [1.165, 1.54) is 17.4 Å². The van der Waals surface area contributed by atoms with Gasteiger partial charge in [-0.25, -0.2) is 12.8 Å². The smallest absolute Gasteiger partial charge is 0.246 e. The fraction of sp³-hybridized carbons (Fsp3) is 0.500. The lowest BCUT2D eigenvalue weighted by Crippen LogP contribution is -2.44. The first-order valence-electron chi connectivity index (χ1n) is 6.07. The Labute approximate surface area is 129 Å². The third-order valence-electron chi connectivity index (χ3n) is 3.37. The molecular formula is C12H17Cl2FN2O2S. The van der Waals surface area contributed by atoms with E-state index in [2.05, 4.69) is 5.32 Å². The number of rotatable bonds is 3. The molecule has 0 amide bonds. The van der Waals surface area contributed by atoms with Gasteiger partial charge in [0.2, 0.25) is 10.0 Å². The number of halogens is 3. The van der Waals surface area contributed by atoms with Gasteiger partial charge < -0.3 is 5.32 Å².